The molecule has 3 heterocycles. The Labute approximate surface area is 183 Å². The molecule has 1 aromatic carbocycles. The van der Waals surface area contributed by atoms with Gasteiger partial charge in [-0.25, -0.2) is 4.98 Å². The number of rotatable bonds is 7. The van der Waals surface area contributed by atoms with Crippen LogP contribution < -0.4 is 20.9 Å². The van der Waals surface area contributed by atoms with Gasteiger partial charge in [0.2, 0.25) is 5.95 Å². The standard InChI is InChI=1S/C23H31N7O/c1-4-18(5-2)30-20(22(31)24-3)14-16-15-26-23(28-21(16)30)27-17-6-8-19(9-7-17)29-12-10-25-11-13-29/h6-9,14-15,18,25H,4-5,10-13H2,1-3H3,(H,24,31)(H,26,27,28). The van der Waals surface area contributed by atoms with E-state index in [1.54, 1.807) is 13.2 Å². The number of amides is 1. The van der Waals surface area contributed by atoms with E-state index < -0.39 is 0 Å². The molecule has 0 saturated carbocycles. The van der Waals surface area contributed by atoms with Gasteiger partial charge in [-0.15, -0.1) is 0 Å². The van der Waals surface area contributed by atoms with Gasteiger partial charge in [0.15, 0.2) is 0 Å². The number of carbonyl (C=O) groups is 1. The summed E-state index contributed by atoms with van der Waals surface area (Å²) in [6.45, 7) is 8.34. The SMILES string of the molecule is CCC(CC)n1c(C(=O)NC)cc2cnc(Nc3ccc(N4CCNCC4)cc3)nc21. The quantitative estimate of drug-likeness (QED) is 0.543. The first-order valence-electron chi connectivity index (χ1n) is 11.1. The average molecular weight is 422 g/mol. The minimum absolute atomic E-state index is 0.108. The second kappa shape index (κ2) is 9.34. The zero-order valence-electron chi connectivity index (χ0n) is 18.5. The average Bonchev–Trinajstić information content (AvgIpc) is 3.19. The number of fused-ring (bicyclic) bond motifs is 1. The molecule has 0 atom stereocenters. The van der Waals surface area contributed by atoms with Crippen LogP contribution in [0.4, 0.5) is 17.3 Å². The first-order valence-corrected chi connectivity index (χ1v) is 11.1. The molecule has 1 amide bonds. The highest BCUT2D eigenvalue weighted by molar-refractivity contribution is 5.98. The first-order chi connectivity index (χ1) is 15.1. The predicted molar refractivity (Wildman–Crippen MR) is 125 cm³/mol. The fourth-order valence-corrected chi connectivity index (χ4v) is 4.20. The summed E-state index contributed by atoms with van der Waals surface area (Å²) in [7, 11) is 1.65. The Morgan fingerprint density at radius 1 is 1.16 bits per heavy atom. The molecule has 2 aromatic heterocycles. The van der Waals surface area contributed by atoms with Crippen molar-refractivity contribution in [3.8, 4) is 0 Å². The van der Waals surface area contributed by atoms with E-state index in [1.165, 1.54) is 5.69 Å². The van der Waals surface area contributed by atoms with E-state index in [4.69, 9.17) is 4.98 Å². The Balaban J connectivity index is 1.62. The molecule has 8 nitrogen and oxygen atoms in total. The molecule has 1 fully saturated rings. The van der Waals surface area contributed by atoms with Gasteiger partial charge in [-0.2, -0.15) is 4.98 Å². The van der Waals surface area contributed by atoms with Crippen LogP contribution in [0.25, 0.3) is 11.0 Å². The second-order valence-corrected chi connectivity index (χ2v) is 7.83. The van der Waals surface area contributed by atoms with E-state index in [0.717, 1.165) is 55.7 Å². The van der Waals surface area contributed by atoms with Gasteiger partial charge in [-0.3, -0.25) is 4.79 Å². The minimum atomic E-state index is -0.108. The molecule has 31 heavy (non-hydrogen) atoms. The zero-order valence-corrected chi connectivity index (χ0v) is 18.5. The van der Waals surface area contributed by atoms with Crippen molar-refractivity contribution in [1.82, 2.24) is 25.2 Å². The van der Waals surface area contributed by atoms with Crippen molar-refractivity contribution in [2.75, 3.05) is 43.4 Å². The Hall–Kier alpha value is -3.13. The lowest BCUT2D eigenvalue weighted by Crippen LogP contribution is -2.43. The molecule has 1 saturated heterocycles. The highest BCUT2D eigenvalue weighted by Crippen LogP contribution is 2.28. The number of anilines is 3. The molecule has 0 bridgehead atoms. The lowest BCUT2D eigenvalue weighted by molar-refractivity contribution is 0.0952. The summed E-state index contributed by atoms with van der Waals surface area (Å²) >= 11 is 0. The lowest BCUT2D eigenvalue weighted by Gasteiger charge is -2.29. The van der Waals surface area contributed by atoms with Gasteiger partial charge in [-0.05, 0) is 43.2 Å². The topological polar surface area (TPSA) is 87.1 Å². The highest BCUT2D eigenvalue weighted by atomic mass is 16.1. The maximum atomic E-state index is 12.5. The maximum Gasteiger partial charge on any atom is 0.267 e. The Morgan fingerprint density at radius 2 is 1.87 bits per heavy atom. The van der Waals surface area contributed by atoms with Crippen molar-refractivity contribution < 1.29 is 4.79 Å². The first kappa shape index (κ1) is 21.1. The number of carbonyl (C=O) groups excluding carboxylic acids is 1. The normalized spacial score (nSPS) is 14.3. The number of hydrogen-bond donors (Lipinski definition) is 3. The number of piperazine rings is 1. The van der Waals surface area contributed by atoms with E-state index in [-0.39, 0.29) is 11.9 Å². The summed E-state index contributed by atoms with van der Waals surface area (Å²) in [4.78, 5) is 24.1. The van der Waals surface area contributed by atoms with Crippen LogP contribution in [0.3, 0.4) is 0 Å². The molecule has 4 rings (SSSR count). The summed E-state index contributed by atoms with van der Waals surface area (Å²) in [6.07, 6.45) is 3.63. The fourth-order valence-electron chi connectivity index (χ4n) is 4.20. The van der Waals surface area contributed by atoms with Crippen molar-refractivity contribution in [3.63, 3.8) is 0 Å². The van der Waals surface area contributed by atoms with E-state index >= 15 is 0 Å². The Bertz CT molecular complexity index is 1030. The van der Waals surface area contributed by atoms with Gasteiger partial charge in [0, 0.05) is 62.2 Å². The number of nitrogens with one attached hydrogen (secondary N) is 3. The Kier molecular flexibility index (Phi) is 6.36. The molecule has 1 aliphatic rings. The summed E-state index contributed by atoms with van der Waals surface area (Å²) in [5.74, 6) is 0.416. The molecule has 8 heteroatoms. The van der Waals surface area contributed by atoms with Crippen molar-refractivity contribution in [2.45, 2.75) is 32.7 Å². The molecule has 0 aliphatic carbocycles. The fraction of sp³-hybridized carbons (Fsp3) is 0.435. The van der Waals surface area contributed by atoms with Crippen LogP contribution in [-0.2, 0) is 0 Å². The monoisotopic (exact) mass is 421 g/mol. The molecular weight excluding hydrogens is 390 g/mol. The van der Waals surface area contributed by atoms with Gasteiger partial charge in [-0.1, -0.05) is 13.8 Å². The minimum Gasteiger partial charge on any atom is -0.369 e. The van der Waals surface area contributed by atoms with Crippen LogP contribution in [0.15, 0.2) is 36.5 Å². The lowest BCUT2D eigenvalue weighted by atomic mass is 10.1. The van der Waals surface area contributed by atoms with Gasteiger partial charge in [0.05, 0.1) is 0 Å². The molecular formula is C23H31N7O. The van der Waals surface area contributed by atoms with Gasteiger partial charge in [0.1, 0.15) is 11.3 Å². The maximum absolute atomic E-state index is 12.5. The van der Waals surface area contributed by atoms with Crippen LogP contribution in [-0.4, -0.2) is 53.7 Å². The third-order valence-corrected chi connectivity index (χ3v) is 5.95. The summed E-state index contributed by atoms with van der Waals surface area (Å²) < 4.78 is 2.05. The van der Waals surface area contributed by atoms with E-state index in [1.807, 2.05) is 6.07 Å². The van der Waals surface area contributed by atoms with Gasteiger partial charge in [0.25, 0.3) is 5.91 Å². The highest BCUT2D eigenvalue weighted by Gasteiger charge is 2.21. The smallest absolute Gasteiger partial charge is 0.267 e. The largest absolute Gasteiger partial charge is 0.369 e. The molecule has 0 radical (unpaired) electrons. The van der Waals surface area contributed by atoms with Gasteiger partial charge < -0.3 is 25.4 Å². The number of benzene rings is 1. The van der Waals surface area contributed by atoms with Gasteiger partial charge >= 0.3 is 0 Å². The van der Waals surface area contributed by atoms with Crippen LogP contribution in [0.5, 0.6) is 0 Å². The van der Waals surface area contributed by atoms with Crippen LogP contribution in [0, 0.1) is 0 Å². The van der Waals surface area contributed by atoms with E-state index in [2.05, 4.69) is 68.5 Å². The third kappa shape index (κ3) is 4.34. The van der Waals surface area contributed by atoms with Crippen molar-refractivity contribution >= 4 is 34.3 Å². The van der Waals surface area contributed by atoms with Crippen LogP contribution in [0.1, 0.15) is 43.2 Å². The van der Waals surface area contributed by atoms with E-state index in [9.17, 15) is 4.79 Å². The Morgan fingerprint density at radius 3 is 2.52 bits per heavy atom. The van der Waals surface area contributed by atoms with Crippen molar-refractivity contribution in [2.24, 2.45) is 0 Å². The number of nitrogens with zero attached hydrogens (tertiary/aromatic N) is 4. The van der Waals surface area contributed by atoms with Crippen molar-refractivity contribution in [1.29, 1.82) is 0 Å². The summed E-state index contributed by atoms with van der Waals surface area (Å²) in [5, 5.41) is 10.3. The van der Waals surface area contributed by atoms with Crippen LogP contribution >= 0.6 is 0 Å². The molecule has 3 N–H and O–H groups in total. The van der Waals surface area contributed by atoms with E-state index in [0.29, 0.717) is 11.6 Å². The molecule has 0 spiro atoms. The summed E-state index contributed by atoms with van der Waals surface area (Å²) in [5.41, 5.74) is 3.56. The molecule has 164 valence electrons. The molecule has 3 aromatic rings. The molecule has 1 aliphatic heterocycles. The second-order valence-electron chi connectivity index (χ2n) is 7.83. The third-order valence-electron chi connectivity index (χ3n) is 5.95. The van der Waals surface area contributed by atoms with Crippen LogP contribution in [0.2, 0.25) is 0 Å². The molecule has 0 unspecified atom stereocenters. The van der Waals surface area contributed by atoms with Crippen molar-refractivity contribution in [3.05, 3.63) is 42.2 Å². The summed E-state index contributed by atoms with van der Waals surface area (Å²) in [6, 6.07) is 10.4. The number of hydrogen-bond acceptors (Lipinski definition) is 6. The number of aromatic nitrogens is 3. The predicted octanol–water partition coefficient (Wildman–Crippen LogP) is 3.31. The zero-order chi connectivity index (χ0) is 21.8.